The van der Waals surface area contributed by atoms with Crippen molar-refractivity contribution in [3.63, 3.8) is 0 Å². The lowest BCUT2D eigenvalue weighted by Crippen LogP contribution is -2.25. The monoisotopic (exact) mass is 264 g/mol. The van der Waals surface area contributed by atoms with Gasteiger partial charge in [0.05, 0.1) is 23.4 Å². The quantitative estimate of drug-likeness (QED) is 0.497. The lowest BCUT2D eigenvalue weighted by molar-refractivity contribution is -0.140. The molecule has 3 aliphatic heterocycles. The van der Waals surface area contributed by atoms with Crippen molar-refractivity contribution in [2.24, 2.45) is 0 Å². The van der Waals surface area contributed by atoms with E-state index in [1.807, 2.05) is 6.92 Å². The first-order valence-electron chi connectivity index (χ1n) is 7.18. The second-order valence-corrected chi connectivity index (χ2v) is 6.83. The number of hydrogen-bond acceptors (Lipinski definition) is 4. The SMILES string of the molecule is CC1=C2C[C@@H]3O[C@]3(C)CC[C@H]3O[C@@]3(C)C[C@@H]2OC1=O. The summed E-state index contributed by atoms with van der Waals surface area (Å²) >= 11 is 0. The Bertz CT molecular complexity index is 496. The molecule has 4 nitrogen and oxygen atoms in total. The molecule has 3 heterocycles. The molecule has 1 aliphatic carbocycles. The maximum Gasteiger partial charge on any atom is 0.334 e. The third-order valence-corrected chi connectivity index (χ3v) is 5.40. The highest BCUT2D eigenvalue weighted by atomic mass is 16.6. The summed E-state index contributed by atoms with van der Waals surface area (Å²) in [7, 11) is 0. The molecule has 0 spiro atoms. The molecular formula is C15H20O4. The Balaban J connectivity index is 1.66. The predicted octanol–water partition coefficient (Wildman–Crippen LogP) is 2.12. The maximum absolute atomic E-state index is 11.8. The Labute approximate surface area is 113 Å². The fraction of sp³-hybridized carbons (Fsp3) is 0.800. The van der Waals surface area contributed by atoms with Crippen molar-refractivity contribution in [2.45, 2.75) is 76.0 Å². The summed E-state index contributed by atoms with van der Waals surface area (Å²) in [5.41, 5.74) is 1.78. The predicted molar refractivity (Wildman–Crippen MR) is 67.6 cm³/mol. The zero-order valence-electron chi connectivity index (χ0n) is 11.7. The molecule has 0 bridgehead atoms. The van der Waals surface area contributed by atoms with Crippen molar-refractivity contribution in [3.8, 4) is 0 Å². The van der Waals surface area contributed by atoms with Crippen LogP contribution in [0.1, 0.15) is 46.5 Å². The van der Waals surface area contributed by atoms with Gasteiger partial charge in [-0.15, -0.1) is 0 Å². The second kappa shape index (κ2) is 3.41. The summed E-state index contributed by atoms with van der Waals surface area (Å²) < 4.78 is 17.3. The van der Waals surface area contributed by atoms with E-state index in [0.29, 0.717) is 6.10 Å². The van der Waals surface area contributed by atoms with Gasteiger partial charge in [-0.25, -0.2) is 4.79 Å². The van der Waals surface area contributed by atoms with Crippen LogP contribution < -0.4 is 0 Å². The third kappa shape index (κ3) is 1.69. The molecule has 4 heteroatoms. The number of rotatable bonds is 0. The second-order valence-electron chi connectivity index (χ2n) is 6.83. The fourth-order valence-electron chi connectivity index (χ4n) is 3.70. The van der Waals surface area contributed by atoms with Crippen LogP contribution in [0.25, 0.3) is 0 Å². The van der Waals surface area contributed by atoms with Gasteiger partial charge in [-0.3, -0.25) is 0 Å². The minimum absolute atomic E-state index is 0.0202. The minimum atomic E-state index is -0.164. The Hall–Kier alpha value is -0.870. The maximum atomic E-state index is 11.8. The molecule has 104 valence electrons. The van der Waals surface area contributed by atoms with E-state index in [-0.39, 0.29) is 29.4 Å². The molecule has 0 unspecified atom stereocenters. The van der Waals surface area contributed by atoms with Crippen molar-refractivity contribution < 1.29 is 19.0 Å². The largest absolute Gasteiger partial charge is 0.454 e. The number of hydrogen-bond donors (Lipinski definition) is 0. The van der Waals surface area contributed by atoms with Gasteiger partial charge in [-0.05, 0) is 39.2 Å². The van der Waals surface area contributed by atoms with E-state index in [1.165, 1.54) is 0 Å². The van der Waals surface area contributed by atoms with Crippen molar-refractivity contribution in [1.82, 2.24) is 0 Å². The van der Waals surface area contributed by atoms with Gasteiger partial charge in [0.25, 0.3) is 0 Å². The highest BCUT2D eigenvalue weighted by molar-refractivity contribution is 5.91. The van der Waals surface area contributed by atoms with Gasteiger partial charge in [-0.1, -0.05) is 0 Å². The van der Waals surface area contributed by atoms with E-state index < -0.39 is 0 Å². The van der Waals surface area contributed by atoms with Crippen molar-refractivity contribution in [3.05, 3.63) is 11.1 Å². The van der Waals surface area contributed by atoms with Gasteiger partial charge in [0.15, 0.2) is 0 Å². The first-order chi connectivity index (χ1) is 8.91. The van der Waals surface area contributed by atoms with Crippen LogP contribution in [0.4, 0.5) is 0 Å². The van der Waals surface area contributed by atoms with E-state index >= 15 is 0 Å². The molecule has 19 heavy (non-hydrogen) atoms. The lowest BCUT2D eigenvalue weighted by atomic mass is 9.85. The van der Waals surface area contributed by atoms with E-state index in [0.717, 1.165) is 36.8 Å². The van der Waals surface area contributed by atoms with Gasteiger partial charge in [-0.2, -0.15) is 0 Å². The number of fused-ring (bicyclic) bond motifs is 3. The average Bonchev–Trinajstić information content (AvgIpc) is 3.15. The van der Waals surface area contributed by atoms with Gasteiger partial charge < -0.3 is 14.2 Å². The average molecular weight is 264 g/mol. The smallest absolute Gasteiger partial charge is 0.334 e. The Kier molecular flexibility index (Phi) is 2.14. The van der Waals surface area contributed by atoms with E-state index in [1.54, 1.807) is 0 Å². The Morgan fingerprint density at radius 2 is 1.89 bits per heavy atom. The minimum Gasteiger partial charge on any atom is -0.454 e. The van der Waals surface area contributed by atoms with E-state index in [4.69, 9.17) is 14.2 Å². The number of ether oxygens (including phenoxy) is 3. The van der Waals surface area contributed by atoms with Crippen LogP contribution in [0.15, 0.2) is 11.1 Å². The molecule has 4 aliphatic rings. The molecule has 0 N–H and O–H groups in total. The Morgan fingerprint density at radius 3 is 2.68 bits per heavy atom. The number of epoxide rings is 2. The van der Waals surface area contributed by atoms with Crippen LogP contribution >= 0.6 is 0 Å². The number of carbonyl (C=O) groups is 1. The first kappa shape index (κ1) is 11.9. The summed E-state index contributed by atoms with van der Waals surface area (Å²) in [6.45, 7) is 6.17. The fourth-order valence-corrected chi connectivity index (χ4v) is 3.70. The van der Waals surface area contributed by atoms with Crippen molar-refractivity contribution in [2.75, 3.05) is 0 Å². The van der Waals surface area contributed by atoms with Crippen molar-refractivity contribution in [1.29, 1.82) is 0 Å². The van der Waals surface area contributed by atoms with Gasteiger partial charge >= 0.3 is 5.97 Å². The zero-order valence-corrected chi connectivity index (χ0v) is 11.7. The third-order valence-electron chi connectivity index (χ3n) is 5.40. The summed E-state index contributed by atoms with van der Waals surface area (Å²) in [5.74, 6) is -0.164. The van der Waals surface area contributed by atoms with Gasteiger partial charge in [0.1, 0.15) is 6.10 Å². The molecule has 3 fully saturated rings. The summed E-state index contributed by atoms with van der Waals surface area (Å²) in [6.07, 6.45) is 4.16. The molecule has 5 atom stereocenters. The molecule has 4 rings (SSSR count). The molecule has 2 saturated heterocycles. The molecule has 0 aromatic carbocycles. The molecule has 0 amide bonds. The van der Waals surface area contributed by atoms with Gasteiger partial charge in [0, 0.05) is 18.4 Å². The summed E-state index contributed by atoms with van der Waals surface area (Å²) in [5, 5.41) is 0. The standard InChI is InChI=1S/C15H20O4/c1-8-9-6-12-14(2,19-12)5-4-11-15(3,18-11)7-10(9)17-13(8)16/h10-12H,4-7H2,1-3H3/t10-,11+,12-,14+,15-/m0/s1. The zero-order chi connectivity index (χ0) is 13.4. The van der Waals surface area contributed by atoms with Crippen LogP contribution in [-0.2, 0) is 19.0 Å². The number of esters is 1. The van der Waals surface area contributed by atoms with Crippen LogP contribution in [0.3, 0.4) is 0 Å². The topological polar surface area (TPSA) is 51.4 Å². The van der Waals surface area contributed by atoms with Crippen LogP contribution in [0.5, 0.6) is 0 Å². The summed E-state index contributed by atoms with van der Waals surface area (Å²) in [6, 6.07) is 0. The molecule has 0 aromatic rings. The highest BCUT2D eigenvalue weighted by Gasteiger charge is 2.60. The molecular weight excluding hydrogens is 244 g/mol. The Morgan fingerprint density at radius 1 is 1.16 bits per heavy atom. The van der Waals surface area contributed by atoms with E-state index in [2.05, 4.69) is 13.8 Å². The lowest BCUT2D eigenvalue weighted by Gasteiger charge is -2.18. The molecule has 0 aromatic heterocycles. The van der Waals surface area contributed by atoms with Crippen LogP contribution in [0, 0.1) is 0 Å². The molecule has 0 radical (unpaired) electrons. The number of carbonyl (C=O) groups excluding carboxylic acids is 1. The molecule has 1 saturated carbocycles. The van der Waals surface area contributed by atoms with Crippen LogP contribution in [-0.4, -0.2) is 35.5 Å². The van der Waals surface area contributed by atoms with Crippen molar-refractivity contribution >= 4 is 5.97 Å². The first-order valence-corrected chi connectivity index (χ1v) is 7.18. The van der Waals surface area contributed by atoms with E-state index in [9.17, 15) is 4.79 Å². The summed E-state index contributed by atoms with van der Waals surface area (Å²) in [4.78, 5) is 11.8. The highest BCUT2D eigenvalue weighted by Crippen LogP contribution is 2.53. The van der Waals surface area contributed by atoms with Gasteiger partial charge in [0.2, 0.25) is 0 Å². The van der Waals surface area contributed by atoms with Crippen LogP contribution in [0.2, 0.25) is 0 Å². The normalized spacial score (nSPS) is 51.9.